The lowest BCUT2D eigenvalue weighted by Crippen LogP contribution is -2.19. The first-order valence-corrected chi connectivity index (χ1v) is 6.84. The van der Waals surface area contributed by atoms with Crippen LogP contribution in [0.4, 0.5) is 4.39 Å². The molecule has 0 aromatic heterocycles. The lowest BCUT2D eigenvalue weighted by Gasteiger charge is -2.18. The Labute approximate surface area is 124 Å². The molecule has 0 heterocycles. The Kier molecular flexibility index (Phi) is 5.17. The van der Waals surface area contributed by atoms with Crippen molar-refractivity contribution in [1.82, 2.24) is 5.32 Å². The first kappa shape index (κ1) is 15.3. The number of rotatable bonds is 6. The molecule has 0 aliphatic carbocycles. The Morgan fingerprint density at radius 2 is 1.86 bits per heavy atom. The predicted octanol–water partition coefficient (Wildman–Crippen LogP) is 3.69. The van der Waals surface area contributed by atoms with Crippen LogP contribution in [0.1, 0.15) is 24.1 Å². The number of hydrogen-bond acceptors (Lipinski definition) is 3. The monoisotopic (exact) mass is 289 g/mol. The number of methoxy groups -OCH3 is 2. The van der Waals surface area contributed by atoms with E-state index < -0.39 is 0 Å². The highest BCUT2D eigenvalue weighted by atomic mass is 19.1. The van der Waals surface area contributed by atoms with E-state index in [2.05, 4.69) is 5.32 Å². The molecule has 0 amide bonds. The van der Waals surface area contributed by atoms with Gasteiger partial charge in [-0.2, -0.15) is 0 Å². The van der Waals surface area contributed by atoms with Crippen LogP contribution < -0.4 is 14.8 Å². The number of hydrogen-bond donors (Lipinski definition) is 1. The molecule has 1 unspecified atom stereocenters. The third-order valence-electron chi connectivity index (χ3n) is 3.41. The van der Waals surface area contributed by atoms with Gasteiger partial charge in [-0.3, -0.25) is 0 Å². The van der Waals surface area contributed by atoms with E-state index in [0.29, 0.717) is 17.9 Å². The molecule has 0 bridgehead atoms. The Hall–Kier alpha value is -2.07. The van der Waals surface area contributed by atoms with Crippen LogP contribution in [0.2, 0.25) is 0 Å². The highest BCUT2D eigenvalue weighted by Gasteiger charge is 2.15. The van der Waals surface area contributed by atoms with E-state index >= 15 is 0 Å². The van der Waals surface area contributed by atoms with Crippen molar-refractivity contribution in [2.75, 3.05) is 14.2 Å². The summed E-state index contributed by atoms with van der Waals surface area (Å²) in [6, 6.07) is 12.5. The quantitative estimate of drug-likeness (QED) is 0.879. The smallest absolute Gasteiger partial charge is 0.131 e. The van der Waals surface area contributed by atoms with Gasteiger partial charge in [0.1, 0.15) is 17.3 Å². The molecule has 2 rings (SSSR count). The van der Waals surface area contributed by atoms with Crippen molar-refractivity contribution >= 4 is 0 Å². The fourth-order valence-electron chi connectivity index (χ4n) is 2.27. The van der Waals surface area contributed by atoms with E-state index in [4.69, 9.17) is 9.47 Å². The summed E-state index contributed by atoms with van der Waals surface area (Å²) >= 11 is 0. The highest BCUT2D eigenvalue weighted by molar-refractivity contribution is 5.37. The summed E-state index contributed by atoms with van der Waals surface area (Å²) in [6.07, 6.45) is 0. The summed E-state index contributed by atoms with van der Waals surface area (Å²) in [4.78, 5) is 0. The van der Waals surface area contributed by atoms with Crippen molar-refractivity contribution in [2.24, 2.45) is 0 Å². The standard InChI is InChI=1S/C17H20FNO2/c1-12(17-15(18)8-5-9-16(17)21-3)19-11-13-6-4-7-14(10-13)20-2/h4-10,12,19H,11H2,1-3H3. The molecule has 2 aromatic rings. The molecule has 0 fully saturated rings. The van der Waals surface area contributed by atoms with Crippen molar-refractivity contribution in [3.63, 3.8) is 0 Å². The maximum absolute atomic E-state index is 14.0. The van der Waals surface area contributed by atoms with Crippen LogP contribution in [0.25, 0.3) is 0 Å². The SMILES string of the molecule is COc1cccc(CNC(C)c2c(F)cccc2OC)c1. The van der Waals surface area contributed by atoms with Crippen LogP contribution in [0.5, 0.6) is 11.5 Å². The topological polar surface area (TPSA) is 30.5 Å². The van der Waals surface area contributed by atoms with Gasteiger partial charge >= 0.3 is 0 Å². The van der Waals surface area contributed by atoms with Gasteiger partial charge in [0.05, 0.1) is 14.2 Å². The molecule has 0 radical (unpaired) electrons. The second kappa shape index (κ2) is 7.09. The second-order valence-corrected chi connectivity index (χ2v) is 4.81. The van der Waals surface area contributed by atoms with E-state index in [9.17, 15) is 4.39 Å². The van der Waals surface area contributed by atoms with Crippen LogP contribution in [0.3, 0.4) is 0 Å². The number of benzene rings is 2. The molecule has 4 heteroatoms. The fraction of sp³-hybridized carbons (Fsp3) is 0.294. The van der Waals surface area contributed by atoms with Crippen molar-refractivity contribution in [3.8, 4) is 11.5 Å². The van der Waals surface area contributed by atoms with E-state index in [1.165, 1.54) is 6.07 Å². The molecule has 21 heavy (non-hydrogen) atoms. The third kappa shape index (κ3) is 3.73. The van der Waals surface area contributed by atoms with Crippen molar-refractivity contribution in [1.29, 1.82) is 0 Å². The maximum atomic E-state index is 14.0. The summed E-state index contributed by atoms with van der Waals surface area (Å²) in [5.41, 5.74) is 1.62. The lowest BCUT2D eigenvalue weighted by atomic mass is 10.1. The maximum Gasteiger partial charge on any atom is 0.131 e. The van der Waals surface area contributed by atoms with Crippen molar-refractivity contribution < 1.29 is 13.9 Å². The van der Waals surface area contributed by atoms with Crippen LogP contribution in [-0.2, 0) is 6.54 Å². The normalized spacial score (nSPS) is 12.0. The third-order valence-corrected chi connectivity index (χ3v) is 3.41. The average Bonchev–Trinajstić information content (AvgIpc) is 2.52. The van der Waals surface area contributed by atoms with Crippen LogP contribution in [0, 0.1) is 5.82 Å². The number of halogens is 1. The summed E-state index contributed by atoms with van der Waals surface area (Å²) in [5, 5.41) is 3.31. The molecular formula is C17H20FNO2. The van der Waals surface area contributed by atoms with Gasteiger partial charge in [-0.15, -0.1) is 0 Å². The molecule has 0 saturated carbocycles. The first-order chi connectivity index (χ1) is 10.2. The molecule has 112 valence electrons. The average molecular weight is 289 g/mol. The van der Waals surface area contributed by atoms with Crippen LogP contribution in [0.15, 0.2) is 42.5 Å². The zero-order chi connectivity index (χ0) is 15.2. The molecule has 0 aliphatic heterocycles. The van der Waals surface area contributed by atoms with Gasteiger partial charge in [0.25, 0.3) is 0 Å². The number of ether oxygens (including phenoxy) is 2. The van der Waals surface area contributed by atoms with Crippen molar-refractivity contribution in [2.45, 2.75) is 19.5 Å². The van der Waals surface area contributed by atoms with E-state index in [-0.39, 0.29) is 11.9 Å². The minimum atomic E-state index is -0.264. The lowest BCUT2D eigenvalue weighted by molar-refractivity contribution is 0.393. The van der Waals surface area contributed by atoms with Gasteiger partial charge < -0.3 is 14.8 Å². The van der Waals surface area contributed by atoms with Crippen LogP contribution in [-0.4, -0.2) is 14.2 Å². The van der Waals surface area contributed by atoms with Gasteiger partial charge in [-0.25, -0.2) is 4.39 Å². The summed E-state index contributed by atoms with van der Waals surface area (Å²) in [7, 11) is 3.19. The fourth-order valence-corrected chi connectivity index (χ4v) is 2.27. The van der Waals surface area contributed by atoms with Gasteiger partial charge in [-0.05, 0) is 36.8 Å². The van der Waals surface area contributed by atoms with Gasteiger partial charge in [0, 0.05) is 18.2 Å². The predicted molar refractivity (Wildman–Crippen MR) is 81.2 cm³/mol. The molecule has 2 aromatic carbocycles. The second-order valence-electron chi connectivity index (χ2n) is 4.81. The van der Waals surface area contributed by atoms with E-state index in [0.717, 1.165) is 11.3 Å². The minimum absolute atomic E-state index is 0.160. The summed E-state index contributed by atoms with van der Waals surface area (Å²) in [6.45, 7) is 2.54. The van der Waals surface area contributed by atoms with E-state index in [1.807, 2.05) is 31.2 Å². The van der Waals surface area contributed by atoms with Gasteiger partial charge in [0.15, 0.2) is 0 Å². The van der Waals surface area contributed by atoms with Crippen molar-refractivity contribution in [3.05, 3.63) is 59.4 Å². The molecule has 0 aliphatic rings. The Morgan fingerprint density at radius 3 is 2.57 bits per heavy atom. The number of nitrogens with one attached hydrogen (secondary N) is 1. The Balaban J connectivity index is 2.09. The molecular weight excluding hydrogens is 269 g/mol. The summed E-state index contributed by atoms with van der Waals surface area (Å²) < 4.78 is 24.4. The summed E-state index contributed by atoms with van der Waals surface area (Å²) in [5.74, 6) is 1.10. The van der Waals surface area contributed by atoms with Gasteiger partial charge in [0.2, 0.25) is 0 Å². The van der Waals surface area contributed by atoms with E-state index in [1.54, 1.807) is 26.4 Å². The largest absolute Gasteiger partial charge is 0.497 e. The van der Waals surface area contributed by atoms with Gasteiger partial charge in [-0.1, -0.05) is 18.2 Å². The van der Waals surface area contributed by atoms with Crippen LogP contribution >= 0.6 is 0 Å². The molecule has 1 N–H and O–H groups in total. The molecule has 0 saturated heterocycles. The highest BCUT2D eigenvalue weighted by Crippen LogP contribution is 2.27. The minimum Gasteiger partial charge on any atom is -0.497 e. The first-order valence-electron chi connectivity index (χ1n) is 6.84. The Morgan fingerprint density at radius 1 is 1.10 bits per heavy atom. The zero-order valence-corrected chi connectivity index (χ0v) is 12.5. The Bertz CT molecular complexity index is 601. The zero-order valence-electron chi connectivity index (χ0n) is 12.5. The molecule has 3 nitrogen and oxygen atoms in total. The molecule has 1 atom stereocenters. The molecule has 0 spiro atoms.